The van der Waals surface area contributed by atoms with Crippen LogP contribution in [0.4, 0.5) is 10.1 Å². The lowest BCUT2D eigenvalue weighted by molar-refractivity contribution is -0.141. The van der Waals surface area contributed by atoms with Crippen molar-refractivity contribution < 1.29 is 18.7 Å². The molecule has 0 saturated heterocycles. The normalized spacial score (nSPS) is 11.4. The topological polar surface area (TPSA) is 81.2 Å². The number of rotatable bonds is 6. The number of hydrogen-bond donors (Lipinski definition) is 1. The summed E-state index contributed by atoms with van der Waals surface area (Å²) in [6.45, 7) is -0.508. The number of aromatic nitrogens is 2. The molecule has 0 bridgehead atoms. The average Bonchev–Trinajstić information content (AvgIpc) is 3.28. The summed E-state index contributed by atoms with van der Waals surface area (Å²) >= 11 is 6.96. The van der Waals surface area contributed by atoms with Gasteiger partial charge in [0.25, 0.3) is 5.91 Å². The summed E-state index contributed by atoms with van der Waals surface area (Å²) in [5.74, 6) is -1.68. The molecular weight excluding hydrogens is 453 g/mol. The molecule has 0 spiro atoms. The minimum Gasteiger partial charge on any atom is -0.452 e. The zero-order chi connectivity index (χ0) is 22.5. The summed E-state index contributed by atoms with van der Waals surface area (Å²) in [7, 11) is 0. The fraction of sp³-hybridized carbons (Fsp3) is 0.0435. The summed E-state index contributed by atoms with van der Waals surface area (Å²) in [5.41, 5.74) is 3.02. The summed E-state index contributed by atoms with van der Waals surface area (Å²) in [5, 5.41) is 3.22. The molecule has 32 heavy (non-hydrogen) atoms. The molecule has 1 amide bonds. The Morgan fingerprint density at radius 2 is 1.78 bits per heavy atom. The van der Waals surface area contributed by atoms with Crippen LogP contribution in [0.3, 0.4) is 0 Å². The van der Waals surface area contributed by atoms with Crippen LogP contribution in [0.5, 0.6) is 0 Å². The molecule has 1 aromatic heterocycles. The van der Waals surface area contributed by atoms with E-state index in [0.29, 0.717) is 32.9 Å². The Morgan fingerprint density at radius 1 is 1.03 bits per heavy atom. The van der Waals surface area contributed by atoms with Crippen molar-refractivity contribution in [3.05, 3.63) is 88.7 Å². The van der Waals surface area contributed by atoms with Gasteiger partial charge in [-0.25, -0.2) is 9.18 Å². The van der Waals surface area contributed by atoms with E-state index in [-0.39, 0.29) is 5.57 Å². The van der Waals surface area contributed by atoms with Crippen molar-refractivity contribution in [3.63, 3.8) is 0 Å². The van der Waals surface area contributed by atoms with Crippen molar-refractivity contribution in [2.45, 2.75) is 0 Å². The molecule has 0 saturated carbocycles. The number of anilines is 1. The minimum absolute atomic E-state index is 0.172. The number of carbonyl (C=O) groups is 2. The molecule has 0 unspecified atom stereocenters. The summed E-state index contributed by atoms with van der Waals surface area (Å²) in [6.07, 6.45) is 1.59. The number of nitrogens with one attached hydrogen (secondary N) is 1. The largest absolute Gasteiger partial charge is 0.452 e. The molecular formula is C23H15ClFN3O3S. The lowest BCUT2D eigenvalue weighted by Gasteiger charge is -2.10. The van der Waals surface area contributed by atoms with Gasteiger partial charge in [-0.3, -0.25) is 4.79 Å². The maximum absolute atomic E-state index is 13.4. The zero-order valence-corrected chi connectivity index (χ0v) is 18.0. The van der Waals surface area contributed by atoms with Gasteiger partial charge < -0.3 is 10.1 Å². The smallest absolute Gasteiger partial charge is 0.339 e. The van der Waals surface area contributed by atoms with Gasteiger partial charge in [-0.05, 0) is 53.6 Å². The number of ether oxygens (including phenoxy) is 1. The van der Waals surface area contributed by atoms with Crippen molar-refractivity contribution in [2.24, 2.45) is 0 Å². The SMILES string of the molecule is O=C(COC(=O)/C(=C\c1ccc(Cl)cc1)c1ccc(F)cc1)Nc1cccc2nsnc12. The number of benzene rings is 3. The van der Waals surface area contributed by atoms with Gasteiger partial charge in [-0.15, -0.1) is 0 Å². The van der Waals surface area contributed by atoms with Gasteiger partial charge in [0.1, 0.15) is 16.9 Å². The molecule has 0 radical (unpaired) electrons. The first-order valence-corrected chi connectivity index (χ1v) is 10.5. The van der Waals surface area contributed by atoms with Crippen molar-refractivity contribution in [1.82, 2.24) is 8.75 Å². The van der Waals surface area contributed by atoms with E-state index in [0.717, 1.165) is 11.7 Å². The van der Waals surface area contributed by atoms with Crippen LogP contribution in [0.15, 0.2) is 66.7 Å². The van der Waals surface area contributed by atoms with Crippen LogP contribution < -0.4 is 5.32 Å². The third-order valence-electron chi connectivity index (χ3n) is 4.45. The monoisotopic (exact) mass is 467 g/mol. The Morgan fingerprint density at radius 3 is 2.53 bits per heavy atom. The van der Waals surface area contributed by atoms with Crippen LogP contribution in [-0.4, -0.2) is 27.2 Å². The quantitative estimate of drug-likeness (QED) is 0.239. The Kier molecular flexibility index (Phi) is 6.53. The van der Waals surface area contributed by atoms with E-state index in [2.05, 4.69) is 14.1 Å². The van der Waals surface area contributed by atoms with Gasteiger partial charge in [-0.1, -0.05) is 41.9 Å². The molecule has 0 aliphatic carbocycles. The Hall–Kier alpha value is -3.62. The summed E-state index contributed by atoms with van der Waals surface area (Å²) in [6, 6.07) is 17.5. The molecule has 1 heterocycles. The van der Waals surface area contributed by atoms with E-state index in [4.69, 9.17) is 16.3 Å². The highest BCUT2D eigenvalue weighted by Crippen LogP contribution is 2.23. The van der Waals surface area contributed by atoms with Crippen molar-refractivity contribution in [2.75, 3.05) is 11.9 Å². The molecule has 0 fully saturated rings. The second-order valence-electron chi connectivity index (χ2n) is 6.68. The molecule has 4 aromatic rings. The Labute approximate surface area is 191 Å². The van der Waals surface area contributed by atoms with Gasteiger partial charge in [0.05, 0.1) is 23.0 Å². The maximum Gasteiger partial charge on any atom is 0.339 e. The number of carbonyl (C=O) groups excluding carboxylic acids is 2. The summed E-state index contributed by atoms with van der Waals surface area (Å²) < 4.78 is 26.9. The minimum atomic E-state index is -0.727. The van der Waals surface area contributed by atoms with Crippen LogP contribution >= 0.6 is 23.3 Å². The number of esters is 1. The number of hydrogen-bond acceptors (Lipinski definition) is 6. The molecule has 9 heteroatoms. The molecule has 0 aliphatic heterocycles. The Balaban J connectivity index is 1.50. The van der Waals surface area contributed by atoms with Gasteiger partial charge in [0.15, 0.2) is 6.61 Å². The first-order chi connectivity index (χ1) is 15.5. The molecule has 6 nitrogen and oxygen atoms in total. The van der Waals surface area contributed by atoms with Crippen LogP contribution in [0.2, 0.25) is 5.02 Å². The second kappa shape index (κ2) is 9.67. The standard InChI is InChI=1S/C23H15ClFN3O3S/c24-16-8-4-14(5-9-16)12-18(15-6-10-17(25)11-7-15)23(30)31-13-21(29)26-19-2-1-3-20-22(19)28-32-27-20/h1-12H,13H2,(H,26,29)/b18-12-. The average molecular weight is 468 g/mol. The first kappa shape index (κ1) is 21.6. The van der Waals surface area contributed by atoms with Crippen LogP contribution in [-0.2, 0) is 14.3 Å². The van der Waals surface area contributed by atoms with Gasteiger partial charge in [-0.2, -0.15) is 8.75 Å². The highest BCUT2D eigenvalue weighted by Gasteiger charge is 2.17. The van der Waals surface area contributed by atoms with E-state index in [1.54, 1.807) is 48.5 Å². The van der Waals surface area contributed by atoms with E-state index in [1.165, 1.54) is 24.3 Å². The van der Waals surface area contributed by atoms with E-state index >= 15 is 0 Å². The number of nitrogens with zero attached hydrogens (tertiary/aromatic N) is 2. The molecule has 160 valence electrons. The lowest BCUT2D eigenvalue weighted by atomic mass is 10.0. The van der Waals surface area contributed by atoms with Crippen molar-refractivity contribution in [1.29, 1.82) is 0 Å². The Bertz CT molecular complexity index is 1300. The molecule has 1 N–H and O–H groups in total. The second-order valence-corrected chi connectivity index (χ2v) is 7.64. The highest BCUT2D eigenvalue weighted by atomic mass is 35.5. The van der Waals surface area contributed by atoms with Crippen molar-refractivity contribution in [3.8, 4) is 0 Å². The zero-order valence-electron chi connectivity index (χ0n) is 16.4. The molecule has 3 aromatic carbocycles. The third-order valence-corrected chi connectivity index (χ3v) is 5.25. The fourth-order valence-electron chi connectivity index (χ4n) is 2.92. The highest BCUT2D eigenvalue weighted by molar-refractivity contribution is 7.00. The van der Waals surface area contributed by atoms with Crippen LogP contribution in [0.25, 0.3) is 22.7 Å². The number of halogens is 2. The third kappa shape index (κ3) is 5.16. The summed E-state index contributed by atoms with van der Waals surface area (Å²) in [4.78, 5) is 25.2. The van der Waals surface area contributed by atoms with Crippen molar-refractivity contribution >= 4 is 63.6 Å². The van der Waals surface area contributed by atoms with Gasteiger partial charge >= 0.3 is 5.97 Å². The molecule has 0 atom stereocenters. The van der Waals surface area contributed by atoms with E-state index < -0.39 is 24.3 Å². The number of fused-ring (bicyclic) bond motifs is 1. The van der Waals surface area contributed by atoms with Crippen LogP contribution in [0, 0.1) is 5.82 Å². The fourth-order valence-corrected chi connectivity index (χ4v) is 3.59. The first-order valence-electron chi connectivity index (χ1n) is 9.41. The van der Waals surface area contributed by atoms with Crippen LogP contribution in [0.1, 0.15) is 11.1 Å². The van der Waals surface area contributed by atoms with Gasteiger partial charge in [0.2, 0.25) is 0 Å². The van der Waals surface area contributed by atoms with E-state index in [1.807, 2.05) is 0 Å². The molecule has 4 rings (SSSR count). The predicted molar refractivity (Wildman–Crippen MR) is 123 cm³/mol. The number of amides is 1. The lowest BCUT2D eigenvalue weighted by Crippen LogP contribution is -2.21. The maximum atomic E-state index is 13.4. The van der Waals surface area contributed by atoms with E-state index in [9.17, 15) is 14.0 Å². The molecule has 0 aliphatic rings. The predicted octanol–water partition coefficient (Wildman–Crippen LogP) is 5.21. The van der Waals surface area contributed by atoms with Gasteiger partial charge in [0, 0.05) is 5.02 Å².